The first-order chi connectivity index (χ1) is 4.41. The number of hydrogen-bond acceptors (Lipinski definition) is 0. The Morgan fingerprint density at radius 1 is 1.00 bits per heavy atom. The van der Waals surface area contributed by atoms with Crippen LogP contribution in [0, 0.1) is 6.92 Å². The van der Waals surface area contributed by atoms with E-state index in [0.717, 1.165) is 6.42 Å². The molecule has 0 spiro atoms. The van der Waals surface area contributed by atoms with Gasteiger partial charge in [0.15, 0.2) is 0 Å². The normalized spacial score (nSPS) is 8.50. The Balaban J connectivity index is 0. The first kappa shape index (κ1) is 13.3. The van der Waals surface area contributed by atoms with E-state index in [9.17, 15) is 0 Å². The van der Waals surface area contributed by atoms with Crippen LogP contribution in [0.3, 0.4) is 0 Å². The van der Waals surface area contributed by atoms with E-state index in [4.69, 9.17) is 0 Å². The van der Waals surface area contributed by atoms with Gasteiger partial charge in [0, 0.05) is 0 Å². The quantitative estimate of drug-likeness (QED) is 0.309. The Hall–Kier alpha value is 0.740. The number of allylic oxidation sites excluding steroid dienone is 1. The minimum absolute atomic E-state index is 0. The van der Waals surface area contributed by atoms with Crippen LogP contribution in [-0.2, 0) is 0 Å². The molecule has 0 rings (SSSR count). The van der Waals surface area contributed by atoms with E-state index < -0.39 is 0 Å². The van der Waals surface area contributed by atoms with Gasteiger partial charge in [-0.2, -0.15) is 0 Å². The summed E-state index contributed by atoms with van der Waals surface area (Å²) in [6, 6.07) is 0. The van der Waals surface area contributed by atoms with Crippen molar-refractivity contribution in [2.24, 2.45) is 0 Å². The molecule has 0 aromatic rings. The molecule has 0 nitrogen and oxygen atoms in total. The minimum atomic E-state index is 0. The first-order valence-corrected chi connectivity index (χ1v) is 3.82. The fourth-order valence-electron chi connectivity index (χ4n) is 0.819. The molecule has 0 saturated carbocycles. The second-order valence-electron chi connectivity index (χ2n) is 2.35. The molecule has 0 heterocycles. The molecule has 0 atom stereocenters. The van der Waals surface area contributed by atoms with Crippen molar-refractivity contribution in [1.82, 2.24) is 0 Å². The van der Waals surface area contributed by atoms with Crippen molar-refractivity contribution in [3.8, 4) is 0 Å². The molecule has 0 bridgehead atoms. The van der Waals surface area contributed by atoms with Gasteiger partial charge in [-0.25, -0.2) is 0 Å². The van der Waals surface area contributed by atoms with Crippen molar-refractivity contribution in [2.45, 2.75) is 38.5 Å². The SMILES string of the molecule is [CH2]CCCCCCC=C.[NaH]. The van der Waals surface area contributed by atoms with E-state index in [1.807, 2.05) is 6.08 Å². The predicted molar refractivity (Wildman–Crippen MR) is 50.4 cm³/mol. The van der Waals surface area contributed by atoms with Crippen molar-refractivity contribution in [3.63, 3.8) is 0 Å². The molecule has 0 unspecified atom stereocenters. The zero-order chi connectivity index (χ0) is 6.95. The molecule has 55 valence electrons. The molecule has 0 N–H and O–H groups in total. The summed E-state index contributed by atoms with van der Waals surface area (Å²) >= 11 is 0. The van der Waals surface area contributed by atoms with E-state index in [1.165, 1.54) is 32.1 Å². The van der Waals surface area contributed by atoms with Crippen LogP contribution in [0.1, 0.15) is 38.5 Å². The monoisotopic (exact) mass is 149 g/mol. The third kappa shape index (κ3) is 11.5. The average Bonchev–Trinajstić information content (AvgIpc) is 1.89. The molecule has 0 aliphatic rings. The van der Waals surface area contributed by atoms with Crippen molar-refractivity contribution in [2.75, 3.05) is 0 Å². The van der Waals surface area contributed by atoms with Crippen LogP contribution in [0.5, 0.6) is 0 Å². The molecule has 10 heavy (non-hydrogen) atoms. The topological polar surface area (TPSA) is 0 Å². The van der Waals surface area contributed by atoms with Crippen molar-refractivity contribution < 1.29 is 0 Å². The maximum atomic E-state index is 3.78. The van der Waals surface area contributed by atoms with Crippen LogP contribution in [0.15, 0.2) is 12.7 Å². The molecule has 0 fully saturated rings. The van der Waals surface area contributed by atoms with Crippen LogP contribution < -0.4 is 0 Å². The Morgan fingerprint density at radius 3 is 2.10 bits per heavy atom. The molecule has 0 aromatic heterocycles. The first-order valence-electron chi connectivity index (χ1n) is 3.82. The zero-order valence-electron chi connectivity index (χ0n) is 6.23. The van der Waals surface area contributed by atoms with Gasteiger partial charge < -0.3 is 0 Å². The van der Waals surface area contributed by atoms with E-state index in [0.29, 0.717) is 0 Å². The molecule has 1 radical (unpaired) electrons. The molecule has 0 saturated heterocycles. The van der Waals surface area contributed by atoms with Crippen LogP contribution in [-0.4, -0.2) is 29.6 Å². The van der Waals surface area contributed by atoms with Gasteiger partial charge in [0.1, 0.15) is 0 Å². The van der Waals surface area contributed by atoms with Crippen LogP contribution in [0.25, 0.3) is 0 Å². The van der Waals surface area contributed by atoms with E-state index in [-0.39, 0.29) is 29.6 Å². The summed E-state index contributed by atoms with van der Waals surface area (Å²) in [5, 5.41) is 0. The Morgan fingerprint density at radius 2 is 1.60 bits per heavy atom. The van der Waals surface area contributed by atoms with Crippen molar-refractivity contribution >= 4 is 29.6 Å². The van der Waals surface area contributed by atoms with E-state index in [2.05, 4.69) is 13.5 Å². The molecular formula is C9H18Na. The summed E-state index contributed by atoms with van der Waals surface area (Å²) in [5.74, 6) is 0. The molecular weight excluding hydrogens is 131 g/mol. The van der Waals surface area contributed by atoms with Crippen molar-refractivity contribution in [1.29, 1.82) is 0 Å². The van der Waals surface area contributed by atoms with Gasteiger partial charge in [0.25, 0.3) is 0 Å². The molecule has 0 aliphatic heterocycles. The van der Waals surface area contributed by atoms with Gasteiger partial charge in [0.05, 0.1) is 0 Å². The van der Waals surface area contributed by atoms with Gasteiger partial charge >= 0.3 is 29.6 Å². The number of unbranched alkanes of at least 4 members (excludes halogenated alkanes) is 5. The predicted octanol–water partition coefficient (Wildman–Crippen LogP) is 2.70. The maximum absolute atomic E-state index is 3.78. The average molecular weight is 149 g/mol. The van der Waals surface area contributed by atoms with Crippen LogP contribution in [0.2, 0.25) is 0 Å². The summed E-state index contributed by atoms with van der Waals surface area (Å²) in [6.45, 7) is 7.45. The zero-order valence-corrected chi connectivity index (χ0v) is 6.23. The van der Waals surface area contributed by atoms with Crippen LogP contribution in [0.4, 0.5) is 0 Å². The van der Waals surface area contributed by atoms with Gasteiger partial charge in [-0.1, -0.05) is 38.7 Å². The van der Waals surface area contributed by atoms with Gasteiger partial charge in [-0.3, -0.25) is 0 Å². The fourth-order valence-corrected chi connectivity index (χ4v) is 0.819. The summed E-state index contributed by atoms with van der Waals surface area (Å²) in [7, 11) is 0. The molecule has 0 amide bonds. The molecule has 1 heteroatoms. The van der Waals surface area contributed by atoms with Crippen LogP contribution >= 0.6 is 0 Å². The summed E-state index contributed by atoms with van der Waals surface area (Å²) < 4.78 is 0. The third-order valence-corrected chi connectivity index (χ3v) is 1.41. The summed E-state index contributed by atoms with van der Waals surface area (Å²) in [5.41, 5.74) is 0. The Kier molecular flexibility index (Phi) is 16.6. The van der Waals surface area contributed by atoms with Gasteiger partial charge in [0.2, 0.25) is 0 Å². The van der Waals surface area contributed by atoms with Gasteiger partial charge in [-0.15, -0.1) is 6.58 Å². The fraction of sp³-hybridized carbons (Fsp3) is 0.667. The van der Waals surface area contributed by atoms with Crippen molar-refractivity contribution in [3.05, 3.63) is 19.6 Å². The standard InChI is InChI=1S/C9H17.Na.H/c1-3-5-7-9-8-6-4-2;;/h3H,1-2,4-9H2;;. The summed E-state index contributed by atoms with van der Waals surface area (Å²) in [4.78, 5) is 0. The number of hydrogen-bond donors (Lipinski definition) is 0. The molecule has 0 aliphatic carbocycles. The summed E-state index contributed by atoms with van der Waals surface area (Å²) in [6.07, 6.45) is 9.55. The Bertz CT molecular complexity index is 59.7. The second-order valence-corrected chi connectivity index (χ2v) is 2.35. The van der Waals surface area contributed by atoms with E-state index in [1.54, 1.807) is 0 Å². The van der Waals surface area contributed by atoms with E-state index >= 15 is 0 Å². The molecule has 0 aromatic carbocycles. The third-order valence-electron chi connectivity index (χ3n) is 1.41. The Labute approximate surface area is 87.4 Å². The van der Waals surface area contributed by atoms with Gasteiger partial charge in [-0.05, 0) is 12.8 Å². The second kappa shape index (κ2) is 12.4. The number of rotatable bonds is 6.